The molecular weight excluding hydrogens is 301 g/mol. The van der Waals surface area contributed by atoms with Crippen LogP contribution in [-0.4, -0.2) is 11.0 Å². The first kappa shape index (κ1) is 12.7. The third-order valence-corrected chi connectivity index (χ3v) is 2.93. The van der Waals surface area contributed by atoms with Crippen molar-refractivity contribution in [1.29, 1.82) is 0 Å². The standard InChI is InChI=1S/C13H9BrFNO2/c1-8-4-5-9(7-10(8)15)13(17)18-11-3-2-6-16-12(11)14/h2-7H,1H3. The average molecular weight is 310 g/mol. The van der Waals surface area contributed by atoms with Gasteiger partial charge in [0, 0.05) is 6.20 Å². The van der Waals surface area contributed by atoms with Crippen molar-refractivity contribution in [2.75, 3.05) is 0 Å². The lowest BCUT2D eigenvalue weighted by molar-refractivity contribution is 0.0732. The van der Waals surface area contributed by atoms with Crippen LogP contribution in [-0.2, 0) is 0 Å². The van der Waals surface area contributed by atoms with Gasteiger partial charge in [-0.15, -0.1) is 0 Å². The second-order valence-corrected chi connectivity index (χ2v) is 4.40. The first-order valence-electron chi connectivity index (χ1n) is 5.17. The van der Waals surface area contributed by atoms with Crippen molar-refractivity contribution in [3.05, 3.63) is 58.1 Å². The van der Waals surface area contributed by atoms with E-state index in [0.717, 1.165) is 6.07 Å². The quantitative estimate of drug-likeness (QED) is 0.629. The van der Waals surface area contributed by atoms with Crippen LogP contribution in [0.15, 0.2) is 41.1 Å². The second kappa shape index (κ2) is 5.27. The fourth-order valence-corrected chi connectivity index (χ4v) is 1.66. The van der Waals surface area contributed by atoms with Gasteiger partial charge in [0.15, 0.2) is 5.75 Å². The van der Waals surface area contributed by atoms with Crippen LogP contribution >= 0.6 is 15.9 Å². The highest BCUT2D eigenvalue weighted by atomic mass is 79.9. The number of hydrogen-bond acceptors (Lipinski definition) is 3. The highest BCUT2D eigenvalue weighted by Crippen LogP contribution is 2.22. The number of rotatable bonds is 2. The molecule has 3 nitrogen and oxygen atoms in total. The summed E-state index contributed by atoms with van der Waals surface area (Å²) in [6.45, 7) is 1.63. The van der Waals surface area contributed by atoms with Crippen LogP contribution in [0, 0.1) is 12.7 Å². The molecule has 1 aromatic heterocycles. The van der Waals surface area contributed by atoms with Crippen molar-refractivity contribution in [2.24, 2.45) is 0 Å². The number of aryl methyl sites for hydroxylation is 1. The maximum Gasteiger partial charge on any atom is 0.343 e. The zero-order valence-corrected chi connectivity index (χ0v) is 11.1. The first-order valence-corrected chi connectivity index (χ1v) is 5.96. The van der Waals surface area contributed by atoms with Crippen LogP contribution in [0.25, 0.3) is 0 Å². The van der Waals surface area contributed by atoms with Crippen molar-refractivity contribution in [2.45, 2.75) is 6.92 Å². The number of ether oxygens (including phenoxy) is 1. The molecule has 1 aromatic carbocycles. The van der Waals surface area contributed by atoms with E-state index in [0.29, 0.717) is 15.9 Å². The van der Waals surface area contributed by atoms with Crippen LogP contribution < -0.4 is 4.74 Å². The largest absolute Gasteiger partial charge is 0.420 e. The SMILES string of the molecule is Cc1ccc(C(=O)Oc2cccnc2Br)cc1F. The number of carbonyl (C=O) groups is 1. The van der Waals surface area contributed by atoms with Crippen LogP contribution in [0.3, 0.4) is 0 Å². The molecule has 0 saturated carbocycles. The molecule has 0 aliphatic carbocycles. The molecule has 0 aliphatic rings. The Morgan fingerprint density at radius 1 is 1.39 bits per heavy atom. The zero-order chi connectivity index (χ0) is 13.1. The van der Waals surface area contributed by atoms with E-state index in [4.69, 9.17) is 4.74 Å². The topological polar surface area (TPSA) is 39.2 Å². The summed E-state index contributed by atoms with van der Waals surface area (Å²) in [5.41, 5.74) is 0.642. The Morgan fingerprint density at radius 3 is 2.83 bits per heavy atom. The molecule has 0 N–H and O–H groups in total. The summed E-state index contributed by atoms with van der Waals surface area (Å²) in [5.74, 6) is -0.763. The first-order chi connectivity index (χ1) is 8.58. The fraction of sp³-hybridized carbons (Fsp3) is 0.0769. The van der Waals surface area contributed by atoms with Crippen LogP contribution in [0.1, 0.15) is 15.9 Å². The molecule has 0 spiro atoms. The van der Waals surface area contributed by atoms with Gasteiger partial charge in [0.05, 0.1) is 5.56 Å². The van der Waals surface area contributed by atoms with E-state index in [2.05, 4.69) is 20.9 Å². The van der Waals surface area contributed by atoms with Gasteiger partial charge < -0.3 is 4.74 Å². The van der Waals surface area contributed by atoms with Crippen molar-refractivity contribution in [1.82, 2.24) is 4.98 Å². The Hall–Kier alpha value is -1.75. The molecule has 1 heterocycles. The van der Waals surface area contributed by atoms with Crippen molar-refractivity contribution >= 4 is 21.9 Å². The van der Waals surface area contributed by atoms with E-state index in [1.165, 1.54) is 12.1 Å². The molecule has 18 heavy (non-hydrogen) atoms. The highest BCUT2D eigenvalue weighted by molar-refractivity contribution is 9.10. The molecule has 2 aromatic rings. The predicted octanol–water partition coefficient (Wildman–Crippen LogP) is 3.51. The summed E-state index contributed by atoms with van der Waals surface area (Å²) in [6, 6.07) is 7.44. The van der Waals surface area contributed by atoms with Crippen molar-refractivity contribution in [3.63, 3.8) is 0 Å². The lowest BCUT2D eigenvalue weighted by atomic mass is 10.1. The van der Waals surface area contributed by atoms with E-state index in [1.54, 1.807) is 25.3 Å². The van der Waals surface area contributed by atoms with E-state index < -0.39 is 11.8 Å². The lowest BCUT2D eigenvalue weighted by Crippen LogP contribution is -2.09. The number of pyridine rings is 1. The third-order valence-electron chi connectivity index (χ3n) is 2.34. The van der Waals surface area contributed by atoms with Gasteiger partial charge >= 0.3 is 5.97 Å². The molecule has 2 rings (SSSR count). The molecule has 0 amide bonds. The number of carbonyl (C=O) groups excluding carboxylic acids is 1. The van der Waals surface area contributed by atoms with Crippen molar-refractivity contribution < 1.29 is 13.9 Å². The number of halogens is 2. The third kappa shape index (κ3) is 2.73. The van der Waals surface area contributed by atoms with Gasteiger partial charge in [0.25, 0.3) is 0 Å². The summed E-state index contributed by atoms with van der Waals surface area (Å²) in [4.78, 5) is 15.7. The Bertz CT molecular complexity index is 601. The zero-order valence-electron chi connectivity index (χ0n) is 9.48. The number of aromatic nitrogens is 1. The molecule has 0 fully saturated rings. The van der Waals surface area contributed by atoms with E-state index in [9.17, 15) is 9.18 Å². The highest BCUT2D eigenvalue weighted by Gasteiger charge is 2.12. The molecule has 0 atom stereocenters. The average Bonchev–Trinajstić information content (AvgIpc) is 2.35. The number of nitrogens with zero attached hydrogens (tertiary/aromatic N) is 1. The van der Waals surface area contributed by atoms with Gasteiger partial charge in [0.2, 0.25) is 0 Å². The fourth-order valence-electron chi connectivity index (χ4n) is 1.33. The Balaban J connectivity index is 2.22. The summed E-state index contributed by atoms with van der Waals surface area (Å²) in [7, 11) is 0. The van der Waals surface area contributed by atoms with Gasteiger partial charge in [-0.05, 0) is 52.7 Å². The van der Waals surface area contributed by atoms with E-state index in [-0.39, 0.29) is 5.56 Å². The minimum Gasteiger partial charge on any atom is -0.420 e. The number of benzene rings is 1. The Kier molecular flexibility index (Phi) is 3.72. The molecule has 0 unspecified atom stereocenters. The van der Waals surface area contributed by atoms with Gasteiger partial charge in [-0.25, -0.2) is 14.2 Å². The summed E-state index contributed by atoms with van der Waals surface area (Å²) in [5, 5.41) is 0. The summed E-state index contributed by atoms with van der Waals surface area (Å²) in [6.07, 6.45) is 1.56. The molecular formula is C13H9BrFNO2. The summed E-state index contributed by atoms with van der Waals surface area (Å²) < 4.78 is 18.9. The number of esters is 1. The molecule has 0 bridgehead atoms. The van der Waals surface area contributed by atoms with Gasteiger partial charge in [-0.1, -0.05) is 6.07 Å². The molecule has 0 saturated heterocycles. The van der Waals surface area contributed by atoms with Crippen molar-refractivity contribution in [3.8, 4) is 5.75 Å². The van der Waals surface area contributed by atoms with Gasteiger partial charge in [0.1, 0.15) is 10.4 Å². The summed E-state index contributed by atoms with van der Waals surface area (Å²) >= 11 is 3.16. The van der Waals surface area contributed by atoms with Gasteiger partial charge in [-0.2, -0.15) is 0 Å². The minimum absolute atomic E-state index is 0.161. The molecule has 0 radical (unpaired) electrons. The smallest absolute Gasteiger partial charge is 0.343 e. The monoisotopic (exact) mass is 309 g/mol. The lowest BCUT2D eigenvalue weighted by Gasteiger charge is -2.06. The Labute approximate surface area is 112 Å². The van der Waals surface area contributed by atoms with Crippen LogP contribution in [0.4, 0.5) is 4.39 Å². The minimum atomic E-state index is -0.623. The van der Waals surface area contributed by atoms with Gasteiger partial charge in [-0.3, -0.25) is 0 Å². The molecule has 0 aliphatic heterocycles. The maximum atomic E-state index is 13.3. The second-order valence-electron chi connectivity index (χ2n) is 3.65. The van der Waals surface area contributed by atoms with Crippen LogP contribution in [0.2, 0.25) is 0 Å². The van der Waals surface area contributed by atoms with Crippen LogP contribution in [0.5, 0.6) is 5.75 Å². The van der Waals surface area contributed by atoms with E-state index >= 15 is 0 Å². The normalized spacial score (nSPS) is 10.2. The van der Waals surface area contributed by atoms with E-state index in [1.807, 2.05) is 0 Å². The molecule has 92 valence electrons. The number of hydrogen-bond donors (Lipinski definition) is 0. The molecule has 5 heteroatoms. The maximum absolute atomic E-state index is 13.3. The Morgan fingerprint density at radius 2 is 2.17 bits per heavy atom. The predicted molar refractivity (Wildman–Crippen MR) is 68.0 cm³/mol.